The first kappa shape index (κ1) is 18.9. The van der Waals surface area contributed by atoms with Crippen molar-refractivity contribution in [3.05, 3.63) is 47.0 Å². The molecule has 0 unspecified atom stereocenters. The van der Waals surface area contributed by atoms with Crippen LogP contribution in [-0.2, 0) is 19.8 Å². The number of aromatic nitrogens is 4. The highest BCUT2D eigenvalue weighted by atomic mass is 35.5. The Labute approximate surface area is 164 Å². The SMILES string of the molecule is Cn1c(CN2CCN(c3ncc(C(F)(F)F)cc3Cl)CC2)nc2ncccc21. The Morgan fingerprint density at radius 1 is 1.14 bits per heavy atom. The number of hydrogen-bond donors (Lipinski definition) is 0. The molecule has 3 aromatic heterocycles. The summed E-state index contributed by atoms with van der Waals surface area (Å²) in [5.41, 5.74) is 0.867. The molecule has 1 fully saturated rings. The Hall–Kier alpha value is -2.39. The molecule has 1 aliphatic heterocycles. The monoisotopic (exact) mass is 410 g/mol. The molecule has 0 aliphatic carbocycles. The van der Waals surface area contributed by atoms with Crippen LogP contribution in [-0.4, -0.2) is 50.6 Å². The van der Waals surface area contributed by atoms with Crippen molar-refractivity contribution < 1.29 is 13.2 Å². The molecule has 148 valence electrons. The molecular weight excluding hydrogens is 393 g/mol. The molecule has 0 saturated carbocycles. The molecule has 0 amide bonds. The number of halogens is 4. The van der Waals surface area contributed by atoms with E-state index >= 15 is 0 Å². The summed E-state index contributed by atoms with van der Waals surface area (Å²) in [6.07, 6.45) is -1.90. The molecule has 4 heterocycles. The van der Waals surface area contributed by atoms with E-state index in [0.29, 0.717) is 25.5 Å². The zero-order valence-corrected chi connectivity index (χ0v) is 15.9. The first-order chi connectivity index (χ1) is 13.3. The fourth-order valence-electron chi connectivity index (χ4n) is 3.35. The quantitative estimate of drug-likeness (QED) is 0.662. The predicted molar refractivity (Wildman–Crippen MR) is 100 cm³/mol. The van der Waals surface area contributed by atoms with Crippen LogP contribution in [0.4, 0.5) is 19.0 Å². The van der Waals surface area contributed by atoms with Gasteiger partial charge in [-0.3, -0.25) is 4.90 Å². The zero-order valence-electron chi connectivity index (χ0n) is 15.1. The van der Waals surface area contributed by atoms with Crippen molar-refractivity contribution in [2.45, 2.75) is 12.7 Å². The van der Waals surface area contributed by atoms with Crippen LogP contribution in [0.3, 0.4) is 0 Å². The van der Waals surface area contributed by atoms with E-state index in [-0.39, 0.29) is 5.02 Å². The zero-order chi connectivity index (χ0) is 19.9. The summed E-state index contributed by atoms with van der Waals surface area (Å²) in [6, 6.07) is 4.80. The lowest BCUT2D eigenvalue weighted by molar-refractivity contribution is -0.137. The maximum Gasteiger partial charge on any atom is 0.417 e. The number of anilines is 1. The lowest BCUT2D eigenvalue weighted by Crippen LogP contribution is -2.46. The Morgan fingerprint density at radius 3 is 2.54 bits per heavy atom. The first-order valence-corrected chi connectivity index (χ1v) is 9.17. The average Bonchev–Trinajstić information content (AvgIpc) is 2.98. The van der Waals surface area contributed by atoms with E-state index in [1.165, 1.54) is 0 Å². The van der Waals surface area contributed by atoms with Crippen LogP contribution >= 0.6 is 11.6 Å². The van der Waals surface area contributed by atoms with Crippen LogP contribution < -0.4 is 4.90 Å². The van der Waals surface area contributed by atoms with Gasteiger partial charge in [-0.05, 0) is 18.2 Å². The van der Waals surface area contributed by atoms with Gasteiger partial charge in [0.2, 0.25) is 0 Å². The topological polar surface area (TPSA) is 50.1 Å². The molecular formula is C18H18ClF3N6. The van der Waals surface area contributed by atoms with E-state index in [2.05, 4.69) is 19.9 Å². The molecule has 3 aromatic rings. The van der Waals surface area contributed by atoms with E-state index in [9.17, 15) is 13.2 Å². The molecule has 0 aromatic carbocycles. The van der Waals surface area contributed by atoms with E-state index in [1.807, 2.05) is 28.6 Å². The number of hydrogen-bond acceptors (Lipinski definition) is 5. The van der Waals surface area contributed by atoms with Gasteiger partial charge in [0.05, 0.1) is 22.6 Å². The second-order valence-electron chi connectivity index (χ2n) is 6.72. The largest absolute Gasteiger partial charge is 0.417 e. The van der Waals surface area contributed by atoms with Crippen molar-refractivity contribution >= 4 is 28.6 Å². The second-order valence-corrected chi connectivity index (χ2v) is 7.13. The summed E-state index contributed by atoms with van der Waals surface area (Å²) >= 11 is 6.06. The summed E-state index contributed by atoms with van der Waals surface area (Å²) < 4.78 is 40.4. The van der Waals surface area contributed by atoms with Crippen LogP contribution in [0.1, 0.15) is 11.4 Å². The second kappa shape index (κ2) is 7.21. The van der Waals surface area contributed by atoms with E-state index < -0.39 is 11.7 Å². The molecule has 0 radical (unpaired) electrons. The predicted octanol–water partition coefficient (Wildman–Crippen LogP) is 3.36. The van der Waals surface area contributed by atoms with Gasteiger partial charge in [-0.15, -0.1) is 0 Å². The fraction of sp³-hybridized carbons (Fsp3) is 0.389. The van der Waals surface area contributed by atoms with Gasteiger partial charge in [0, 0.05) is 45.6 Å². The third-order valence-electron chi connectivity index (χ3n) is 4.94. The summed E-state index contributed by atoms with van der Waals surface area (Å²) in [4.78, 5) is 17.0. The molecule has 0 N–H and O–H groups in total. The van der Waals surface area contributed by atoms with E-state index in [0.717, 1.165) is 42.3 Å². The lowest BCUT2D eigenvalue weighted by Gasteiger charge is -2.35. The maximum atomic E-state index is 12.8. The number of imidazole rings is 1. The maximum absolute atomic E-state index is 12.8. The van der Waals surface area contributed by atoms with Crippen LogP contribution in [0.5, 0.6) is 0 Å². The third-order valence-corrected chi connectivity index (χ3v) is 5.21. The van der Waals surface area contributed by atoms with Crippen molar-refractivity contribution in [1.82, 2.24) is 24.4 Å². The van der Waals surface area contributed by atoms with Gasteiger partial charge in [-0.2, -0.15) is 13.2 Å². The molecule has 0 bridgehead atoms. The van der Waals surface area contributed by atoms with E-state index in [1.54, 1.807) is 6.20 Å². The van der Waals surface area contributed by atoms with Crippen molar-refractivity contribution in [3.8, 4) is 0 Å². The molecule has 1 saturated heterocycles. The number of nitrogens with zero attached hydrogens (tertiary/aromatic N) is 6. The van der Waals surface area contributed by atoms with E-state index in [4.69, 9.17) is 11.6 Å². The van der Waals surface area contributed by atoms with Crippen LogP contribution in [0.2, 0.25) is 5.02 Å². The van der Waals surface area contributed by atoms with Crippen LogP contribution in [0.25, 0.3) is 11.2 Å². The molecule has 0 atom stereocenters. The van der Waals surface area contributed by atoms with Gasteiger partial charge in [-0.1, -0.05) is 11.6 Å². The van der Waals surface area contributed by atoms with Gasteiger partial charge < -0.3 is 9.47 Å². The molecule has 6 nitrogen and oxygen atoms in total. The Morgan fingerprint density at radius 2 is 1.89 bits per heavy atom. The Balaban J connectivity index is 1.42. The average molecular weight is 411 g/mol. The van der Waals surface area contributed by atoms with Crippen molar-refractivity contribution in [3.63, 3.8) is 0 Å². The highest BCUT2D eigenvalue weighted by Crippen LogP contribution is 2.33. The highest BCUT2D eigenvalue weighted by Gasteiger charge is 2.32. The summed E-state index contributed by atoms with van der Waals surface area (Å²) in [5.74, 6) is 1.31. The van der Waals surface area contributed by atoms with Crippen molar-refractivity contribution in [1.29, 1.82) is 0 Å². The van der Waals surface area contributed by atoms with Crippen molar-refractivity contribution in [2.24, 2.45) is 7.05 Å². The highest BCUT2D eigenvalue weighted by molar-refractivity contribution is 6.33. The minimum atomic E-state index is -4.45. The van der Waals surface area contributed by atoms with Crippen LogP contribution in [0.15, 0.2) is 30.6 Å². The molecule has 1 aliphatic rings. The molecule has 28 heavy (non-hydrogen) atoms. The summed E-state index contributed by atoms with van der Waals surface area (Å²) in [7, 11) is 1.97. The number of fused-ring (bicyclic) bond motifs is 1. The summed E-state index contributed by atoms with van der Waals surface area (Å²) in [6.45, 7) is 3.39. The Bertz CT molecular complexity index is 995. The van der Waals surface area contributed by atoms with Gasteiger partial charge >= 0.3 is 6.18 Å². The summed E-state index contributed by atoms with van der Waals surface area (Å²) in [5, 5.41) is 0.0182. The number of aryl methyl sites for hydroxylation is 1. The van der Waals surface area contributed by atoms with Gasteiger partial charge in [0.15, 0.2) is 5.65 Å². The van der Waals surface area contributed by atoms with Gasteiger partial charge in [0.25, 0.3) is 0 Å². The first-order valence-electron chi connectivity index (χ1n) is 8.79. The standard InChI is InChI=1S/C18H18ClF3N6/c1-26-14-3-2-4-23-16(14)25-15(26)11-27-5-7-28(8-6-27)17-13(19)9-12(10-24-17)18(20,21)22/h2-4,9-10H,5-8,11H2,1H3. The molecule has 0 spiro atoms. The number of rotatable bonds is 3. The smallest absolute Gasteiger partial charge is 0.353 e. The fourth-order valence-corrected chi connectivity index (χ4v) is 3.64. The minimum Gasteiger partial charge on any atom is -0.353 e. The van der Waals surface area contributed by atoms with Gasteiger partial charge in [0.1, 0.15) is 11.6 Å². The molecule has 10 heteroatoms. The van der Waals surface area contributed by atoms with Gasteiger partial charge in [-0.25, -0.2) is 15.0 Å². The number of piperazine rings is 1. The normalized spacial score (nSPS) is 16.1. The molecule has 4 rings (SSSR count). The Kier molecular flexibility index (Phi) is 4.88. The van der Waals surface area contributed by atoms with Crippen LogP contribution in [0, 0.1) is 0 Å². The lowest BCUT2D eigenvalue weighted by atomic mass is 10.2. The van der Waals surface area contributed by atoms with Crippen molar-refractivity contribution in [2.75, 3.05) is 31.1 Å². The third kappa shape index (κ3) is 3.64. The minimum absolute atomic E-state index is 0.0182. The number of pyridine rings is 2. The number of alkyl halides is 3.